The number of aryl methyl sites for hydroxylation is 1. The van der Waals surface area contributed by atoms with E-state index in [1.165, 1.54) is 0 Å². The maximum absolute atomic E-state index is 12.9. The van der Waals surface area contributed by atoms with Gasteiger partial charge in [-0.1, -0.05) is 24.3 Å². The van der Waals surface area contributed by atoms with Crippen LogP contribution in [-0.4, -0.2) is 90.3 Å². The van der Waals surface area contributed by atoms with Gasteiger partial charge in [0, 0.05) is 26.7 Å². The number of ether oxygens (including phenoxy) is 1. The molecule has 0 unspecified atom stereocenters. The number of piperidine rings is 1. The number of rotatable bonds is 4. The lowest BCUT2D eigenvalue weighted by molar-refractivity contribution is -0.162. The number of carbonyl (C=O) groups is 3. The summed E-state index contributed by atoms with van der Waals surface area (Å²) in [6.45, 7) is 3.38. The van der Waals surface area contributed by atoms with E-state index in [9.17, 15) is 14.7 Å². The molecule has 2 fully saturated rings. The molecule has 1 aromatic rings. The highest BCUT2D eigenvalue weighted by atomic mass is 16.5. The largest absolute Gasteiger partial charge is 0.483 e. The van der Waals surface area contributed by atoms with E-state index in [2.05, 4.69) is 10.2 Å². The molecule has 0 aliphatic carbocycles. The SMILES string of the molecule is Cc1ccccc1[C@@H]1[C@@H](C(=O)NCC2(O)CCN(C)CC2)OCC(=O)N1C.O=CO. The summed E-state index contributed by atoms with van der Waals surface area (Å²) < 4.78 is 5.64. The molecule has 1 aromatic carbocycles. The lowest BCUT2D eigenvalue weighted by Crippen LogP contribution is -2.56. The highest BCUT2D eigenvalue weighted by Crippen LogP contribution is 2.31. The van der Waals surface area contributed by atoms with Crippen LogP contribution in [0.25, 0.3) is 0 Å². The number of likely N-dealkylation sites (tertiary alicyclic amines) is 1. The van der Waals surface area contributed by atoms with Crippen LogP contribution in [0.2, 0.25) is 0 Å². The van der Waals surface area contributed by atoms with E-state index in [-0.39, 0.29) is 31.4 Å². The Morgan fingerprint density at radius 1 is 1.30 bits per heavy atom. The van der Waals surface area contributed by atoms with E-state index in [1.807, 2.05) is 38.2 Å². The summed E-state index contributed by atoms with van der Waals surface area (Å²) in [7, 11) is 3.72. The Morgan fingerprint density at radius 2 is 1.90 bits per heavy atom. The van der Waals surface area contributed by atoms with Crippen molar-refractivity contribution in [3.8, 4) is 0 Å². The minimum absolute atomic E-state index is 0.119. The molecule has 9 nitrogen and oxygen atoms in total. The monoisotopic (exact) mass is 421 g/mol. The first kappa shape index (κ1) is 23.8. The lowest BCUT2D eigenvalue weighted by atomic mass is 9.91. The Bertz CT molecular complexity index is 748. The van der Waals surface area contributed by atoms with E-state index < -0.39 is 17.7 Å². The Balaban J connectivity index is 0.00000101. The van der Waals surface area contributed by atoms with Gasteiger partial charge in [0.15, 0.2) is 6.10 Å². The molecule has 2 aliphatic rings. The maximum atomic E-state index is 12.9. The van der Waals surface area contributed by atoms with Crippen LogP contribution in [0.3, 0.4) is 0 Å². The van der Waals surface area contributed by atoms with Crippen molar-refractivity contribution in [2.75, 3.05) is 40.3 Å². The molecule has 2 amide bonds. The second kappa shape index (κ2) is 10.5. The van der Waals surface area contributed by atoms with Crippen molar-refractivity contribution in [2.24, 2.45) is 0 Å². The first-order chi connectivity index (χ1) is 14.2. The normalized spacial score (nSPS) is 23.9. The minimum Gasteiger partial charge on any atom is -0.483 e. The molecule has 2 heterocycles. The first-order valence-electron chi connectivity index (χ1n) is 9.91. The second-order valence-corrected chi connectivity index (χ2v) is 7.89. The molecule has 0 spiro atoms. The fraction of sp³-hybridized carbons (Fsp3) is 0.571. The molecule has 30 heavy (non-hydrogen) atoms. The predicted molar refractivity (Wildman–Crippen MR) is 110 cm³/mol. The van der Waals surface area contributed by atoms with E-state index in [4.69, 9.17) is 14.6 Å². The highest BCUT2D eigenvalue weighted by Gasteiger charge is 2.41. The third-order valence-electron chi connectivity index (χ3n) is 5.76. The number of morpholine rings is 1. The predicted octanol–water partition coefficient (Wildman–Crippen LogP) is 0.167. The van der Waals surface area contributed by atoms with Crippen molar-refractivity contribution in [1.82, 2.24) is 15.1 Å². The summed E-state index contributed by atoms with van der Waals surface area (Å²) in [4.78, 5) is 37.2. The van der Waals surface area contributed by atoms with Gasteiger partial charge in [-0.25, -0.2) is 0 Å². The van der Waals surface area contributed by atoms with E-state index in [0.717, 1.165) is 24.2 Å². The average molecular weight is 421 g/mol. The number of carboxylic acid groups (broad SMARTS) is 1. The molecular weight excluding hydrogens is 390 g/mol. The van der Waals surface area contributed by atoms with Crippen molar-refractivity contribution in [3.05, 3.63) is 35.4 Å². The third-order valence-corrected chi connectivity index (χ3v) is 5.76. The fourth-order valence-electron chi connectivity index (χ4n) is 3.79. The Kier molecular flexibility index (Phi) is 8.33. The zero-order valence-corrected chi connectivity index (χ0v) is 17.7. The van der Waals surface area contributed by atoms with Crippen LogP contribution >= 0.6 is 0 Å². The van der Waals surface area contributed by atoms with Crippen LogP contribution in [0, 0.1) is 6.92 Å². The molecular formula is C21H31N3O6. The molecule has 166 valence electrons. The maximum Gasteiger partial charge on any atom is 0.290 e. The third kappa shape index (κ3) is 5.78. The molecule has 9 heteroatoms. The number of benzene rings is 1. The van der Waals surface area contributed by atoms with Crippen LogP contribution in [0.15, 0.2) is 24.3 Å². The Hall–Kier alpha value is -2.49. The first-order valence-corrected chi connectivity index (χ1v) is 9.91. The topological polar surface area (TPSA) is 119 Å². The number of hydrogen-bond acceptors (Lipinski definition) is 6. The van der Waals surface area contributed by atoms with Crippen LogP contribution in [-0.2, 0) is 19.1 Å². The Morgan fingerprint density at radius 3 is 2.50 bits per heavy atom. The summed E-state index contributed by atoms with van der Waals surface area (Å²) in [5.74, 6) is -0.448. The summed E-state index contributed by atoms with van der Waals surface area (Å²) >= 11 is 0. The molecule has 3 rings (SSSR count). The van der Waals surface area contributed by atoms with Crippen molar-refractivity contribution >= 4 is 18.3 Å². The Labute approximate surface area is 176 Å². The molecule has 0 radical (unpaired) electrons. The van der Waals surface area contributed by atoms with Crippen LogP contribution in [0.1, 0.15) is 30.0 Å². The zero-order chi connectivity index (χ0) is 22.3. The quantitative estimate of drug-likeness (QED) is 0.593. The van der Waals surface area contributed by atoms with Crippen LogP contribution < -0.4 is 5.32 Å². The van der Waals surface area contributed by atoms with Crippen LogP contribution in [0.5, 0.6) is 0 Å². The molecule has 2 aliphatic heterocycles. The number of hydrogen-bond donors (Lipinski definition) is 3. The number of carbonyl (C=O) groups excluding carboxylic acids is 2. The van der Waals surface area contributed by atoms with Crippen molar-refractivity contribution < 1.29 is 29.3 Å². The second-order valence-electron chi connectivity index (χ2n) is 7.89. The van der Waals surface area contributed by atoms with Gasteiger partial charge in [-0.05, 0) is 37.9 Å². The van der Waals surface area contributed by atoms with E-state index in [0.29, 0.717) is 12.8 Å². The lowest BCUT2D eigenvalue weighted by Gasteiger charge is -2.40. The minimum atomic E-state index is -0.892. The molecule has 3 N–H and O–H groups in total. The molecule has 2 atom stereocenters. The summed E-state index contributed by atoms with van der Waals surface area (Å²) in [5.41, 5.74) is 1.00. The van der Waals surface area contributed by atoms with Crippen molar-refractivity contribution in [3.63, 3.8) is 0 Å². The van der Waals surface area contributed by atoms with Gasteiger partial charge in [-0.3, -0.25) is 14.4 Å². The number of likely N-dealkylation sites (N-methyl/N-ethyl adjacent to an activating group) is 1. The molecule has 0 aromatic heterocycles. The van der Waals surface area contributed by atoms with Gasteiger partial charge in [0.2, 0.25) is 5.91 Å². The average Bonchev–Trinajstić information content (AvgIpc) is 2.72. The summed E-state index contributed by atoms with van der Waals surface area (Å²) in [6, 6.07) is 7.21. The smallest absolute Gasteiger partial charge is 0.290 e. The summed E-state index contributed by atoms with van der Waals surface area (Å²) in [6.07, 6.45) is 0.438. The van der Waals surface area contributed by atoms with E-state index >= 15 is 0 Å². The van der Waals surface area contributed by atoms with Gasteiger partial charge >= 0.3 is 0 Å². The van der Waals surface area contributed by atoms with Crippen LogP contribution in [0.4, 0.5) is 0 Å². The number of amides is 2. The van der Waals surface area contributed by atoms with Gasteiger partial charge in [0.1, 0.15) is 6.61 Å². The van der Waals surface area contributed by atoms with E-state index in [1.54, 1.807) is 11.9 Å². The molecule has 2 saturated heterocycles. The van der Waals surface area contributed by atoms with Gasteiger partial charge in [-0.15, -0.1) is 0 Å². The molecule has 0 saturated carbocycles. The van der Waals surface area contributed by atoms with Gasteiger partial charge in [0.05, 0.1) is 11.6 Å². The number of aliphatic hydroxyl groups is 1. The summed E-state index contributed by atoms with van der Waals surface area (Å²) in [5, 5.41) is 20.5. The van der Waals surface area contributed by atoms with Crippen molar-refractivity contribution in [1.29, 1.82) is 0 Å². The number of nitrogens with one attached hydrogen (secondary N) is 1. The van der Waals surface area contributed by atoms with Gasteiger partial charge in [0.25, 0.3) is 12.4 Å². The fourth-order valence-corrected chi connectivity index (χ4v) is 3.79. The van der Waals surface area contributed by atoms with Gasteiger partial charge in [-0.2, -0.15) is 0 Å². The molecule has 0 bridgehead atoms. The highest BCUT2D eigenvalue weighted by molar-refractivity contribution is 5.86. The standard InChI is InChI=1S/C20H29N3O4.CH2O2/c1-14-6-4-5-7-15(14)17-18(27-12-16(24)23(17)3)19(25)21-13-20(26)8-10-22(2)11-9-20;2-1-3/h4-7,17-18,26H,8-13H2,1-3H3,(H,21,25);1H,(H,2,3)/t17-,18+;/m1./s1. The zero-order valence-electron chi connectivity index (χ0n) is 17.7. The van der Waals surface area contributed by atoms with Gasteiger partial charge < -0.3 is 30.1 Å². The number of nitrogens with zero attached hydrogens (tertiary/aromatic N) is 2. The van der Waals surface area contributed by atoms with Crippen molar-refractivity contribution in [2.45, 2.75) is 37.5 Å².